The molecule has 27 heavy (non-hydrogen) atoms. The van der Waals surface area contributed by atoms with Gasteiger partial charge in [0.2, 0.25) is 5.88 Å². The highest BCUT2D eigenvalue weighted by Crippen LogP contribution is 2.35. The third kappa shape index (κ3) is 3.95. The molecule has 0 unspecified atom stereocenters. The molecule has 0 saturated heterocycles. The predicted molar refractivity (Wildman–Crippen MR) is 104 cm³/mol. The van der Waals surface area contributed by atoms with Crippen LogP contribution in [0.25, 0.3) is 22.4 Å². The highest BCUT2D eigenvalue weighted by Gasteiger charge is 2.16. The van der Waals surface area contributed by atoms with E-state index in [0.717, 1.165) is 17.4 Å². The van der Waals surface area contributed by atoms with Crippen molar-refractivity contribution in [1.29, 1.82) is 5.26 Å². The second kappa shape index (κ2) is 7.39. The molecule has 0 atom stereocenters. The normalized spacial score (nSPS) is 11.0. The minimum absolute atomic E-state index is 0.212. The van der Waals surface area contributed by atoms with Gasteiger partial charge in [-0.05, 0) is 35.9 Å². The highest BCUT2D eigenvalue weighted by molar-refractivity contribution is 7.90. The molecule has 2 aromatic carbocycles. The van der Waals surface area contributed by atoms with Crippen LogP contribution in [0, 0.1) is 11.3 Å². The van der Waals surface area contributed by atoms with Gasteiger partial charge in [-0.25, -0.2) is 13.4 Å². The van der Waals surface area contributed by atoms with Gasteiger partial charge in [0.05, 0.1) is 17.7 Å². The molecular weight excluding hydrogens is 384 g/mol. The number of nitrogens with zero attached hydrogens (tertiary/aromatic N) is 2. The fourth-order valence-electron chi connectivity index (χ4n) is 2.69. The van der Waals surface area contributed by atoms with Crippen molar-refractivity contribution in [2.24, 2.45) is 0 Å². The van der Waals surface area contributed by atoms with Gasteiger partial charge in [0.15, 0.2) is 9.84 Å². The lowest BCUT2D eigenvalue weighted by Crippen LogP contribution is -1.99. The zero-order chi connectivity index (χ0) is 19.6. The molecule has 0 saturated carbocycles. The van der Waals surface area contributed by atoms with Crippen LogP contribution in [0.5, 0.6) is 5.88 Å². The number of methoxy groups -OCH3 is 1. The molecule has 5 nitrogen and oxygen atoms in total. The van der Waals surface area contributed by atoms with Crippen LogP contribution in [0.3, 0.4) is 0 Å². The van der Waals surface area contributed by atoms with E-state index >= 15 is 0 Å². The van der Waals surface area contributed by atoms with Crippen molar-refractivity contribution in [3.63, 3.8) is 0 Å². The molecule has 3 aromatic rings. The van der Waals surface area contributed by atoms with Crippen LogP contribution in [0.15, 0.2) is 59.5 Å². The number of benzene rings is 2. The Morgan fingerprint density at radius 3 is 2.33 bits per heavy atom. The third-order valence-corrected chi connectivity index (χ3v) is 5.36. The van der Waals surface area contributed by atoms with Gasteiger partial charge in [-0.15, -0.1) is 0 Å². The molecule has 0 N–H and O–H groups in total. The molecule has 0 radical (unpaired) electrons. The molecule has 0 amide bonds. The monoisotopic (exact) mass is 398 g/mol. The maximum absolute atomic E-state index is 11.7. The fraction of sp³-hybridized carbons (Fsp3) is 0.100. The number of halogens is 1. The van der Waals surface area contributed by atoms with E-state index < -0.39 is 9.84 Å². The second-order valence-corrected chi connectivity index (χ2v) is 8.31. The molecule has 3 rings (SSSR count). The van der Waals surface area contributed by atoms with Crippen molar-refractivity contribution in [3.8, 4) is 34.3 Å². The Bertz CT molecular complexity index is 1150. The minimum atomic E-state index is -3.30. The van der Waals surface area contributed by atoms with E-state index in [-0.39, 0.29) is 16.3 Å². The van der Waals surface area contributed by atoms with E-state index in [1.807, 2.05) is 6.07 Å². The van der Waals surface area contributed by atoms with E-state index in [1.165, 1.54) is 19.2 Å². The molecule has 1 aromatic heterocycles. The standard InChI is InChI=1S/C20H15ClN2O3S/c1-26-20-15(12-22)11-18(13-6-8-17(9-7-13)27(2,24)25)19(23-20)14-4-3-5-16(21)10-14/h3-11H,1-2H3. The number of sulfone groups is 1. The molecule has 0 aliphatic rings. The van der Waals surface area contributed by atoms with Crippen molar-refractivity contribution in [1.82, 2.24) is 4.98 Å². The molecular formula is C20H15ClN2O3S. The Balaban J connectivity index is 2.26. The lowest BCUT2D eigenvalue weighted by molar-refractivity contribution is 0.397. The number of hydrogen-bond donors (Lipinski definition) is 0. The minimum Gasteiger partial charge on any atom is -0.480 e. The molecule has 7 heteroatoms. The van der Waals surface area contributed by atoms with Crippen molar-refractivity contribution in [2.75, 3.05) is 13.4 Å². The fourth-order valence-corrected chi connectivity index (χ4v) is 3.51. The first-order valence-electron chi connectivity index (χ1n) is 7.89. The smallest absolute Gasteiger partial charge is 0.232 e. The first-order valence-corrected chi connectivity index (χ1v) is 10.2. The van der Waals surface area contributed by atoms with Gasteiger partial charge in [0.1, 0.15) is 11.6 Å². The summed E-state index contributed by atoms with van der Waals surface area (Å²) in [5.74, 6) is 0.212. The number of pyridine rings is 1. The maximum atomic E-state index is 11.7. The van der Waals surface area contributed by atoms with Gasteiger partial charge < -0.3 is 4.74 Å². The highest BCUT2D eigenvalue weighted by atomic mass is 35.5. The lowest BCUT2D eigenvalue weighted by Gasteiger charge is -2.13. The third-order valence-electron chi connectivity index (χ3n) is 3.99. The first-order chi connectivity index (χ1) is 12.8. The maximum Gasteiger partial charge on any atom is 0.232 e. The summed E-state index contributed by atoms with van der Waals surface area (Å²) in [5, 5.41) is 9.96. The average Bonchev–Trinajstić information content (AvgIpc) is 2.66. The largest absolute Gasteiger partial charge is 0.480 e. The first kappa shape index (κ1) is 18.9. The van der Waals surface area contributed by atoms with Crippen LogP contribution in [0.1, 0.15) is 5.56 Å². The Labute approximate surface area is 162 Å². The summed E-state index contributed by atoms with van der Waals surface area (Å²) in [6.45, 7) is 0. The van der Waals surface area contributed by atoms with Gasteiger partial charge >= 0.3 is 0 Å². The number of hydrogen-bond acceptors (Lipinski definition) is 5. The van der Waals surface area contributed by atoms with E-state index in [9.17, 15) is 13.7 Å². The topological polar surface area (TPSA) is 80.0 Å². The summed E-state index contributed by atoms with van der Waals surface area (Å²) in [6, 6.07) is 17.4. The van der Waals surface area contributed by atoms with E-state index in [4.69, 9.17) is 16.3 Å². The summed E-state index contributed by atoms with van der Waals surface area (Å²) in [4.78, 5) is 4.72. The molecule has 0 aliphatic carbocycles. The number of rotatable bonds is 4. The molecule has 136 valence electrons. The number of ether oxygens (including phenoxy) is 1. The van der Waals surface area contributed by atoms with E-state index in [1.54, 1.807) is 36.4 Å². The van der Waals surface area contributed by atoms with E-state index in [2.05, 4.69) is 11.1 Å². The number of aromatic nitrogens is 1. The van der Waals surface area contributed by atoms with Crippen LogP contribution in [-0.2, 0) is 9.84 Å². The quantitative estimate of drug-likeness (QED) is 0.652. The van der Waals surface area contributed by atoms with Gasteiger partial charge in [0.25, 0.3) is 0 Å². The number of nitriles is 1. The van der Waals surface area contributed by atoms with Gasteiger partial charge in [0, 0.05) is 22.4 Å². The van der Waals surface area contributed by atoms with Crippen LogP contribution in [0.2, 0.25) is 5.02 Å². The van der Waals surface area contributed by atoms with Gasteiger partial charge in [-0.1, -0.05) is 35.9 Å². The van der Waals surface area contributed by atoms with Crippen molar-refractivity contribution in [3.05, 3.63) is 65.2 Å². The second-order valence-electron chi connectivity index (χ2n) is 5.86. The van der Waals surface area contributed by atoms with Gasteiger partial charge in [-0.2, -0.15) is 5.26 Å². The molecule has 1 heterocycles. The SMILES string of the molecule is COc1nc(-c2cccc(Cl)c2)c(-c2ccc(S(C)(=O)=O)cc2)cc1C#N. The van der Waals surface area contributed by atoms with Gasteiger partial charge in [-0.3, -0.25) is 0 Å². The van der Waals surface area contributed by atoms with Crippen LogP contribution in [-0.4, -0.2) is 26.8 Å². The molecule has 0 fully saturated rings. The zero-order valence-electron chi connectivity index (χ0n) is 14.6. The van der Waals surface area contributed by atoms with Crippen molar-refractivity contribution < 1.29 is 13.2 Å². The molecule has 0 aliphatic heterocycles. The Hall–Kier alpha value is -2.88. The Kier molecular flexibility index (Phi) is 5.17. The Morgan fingerprint density at radius 1 is 1.07 bits per heavy atom. The van der Waals surface area contributed by atoms with Crippen LogP contribution >= 0.6 is 11.6 Å². The zero-order valence-corrected chi connectivity index (χ0v) is 16.2. The summed E-state index contributed by atoms with van der Waals surface area (Å²) >= 11 is 6.12. The lowest BCUT2D eigenvalue weighted by atomic mass is 9.98. The summed E-state index contributed by atoms with van der Waals surface area (Å²) < 4.78 is 28.6. The summed E-state index contributed by atoms with van der Waals surface area (Å²) in [6.07, 6.45) is 1.15. The van der Waals surface area contributed by atoms with Crippen LogP contribution in [0.4, 0.5) is 0 Å². The van der Waals surface area contributed by atoms with Crippen molar-refractivity contribution in [2.45, 2.75) is 4.90 Å². The average molecular weight is 399 g/mol. The summed E-state index contributed by atoms with van der Waals surface area (Å²) in [7, 11) is -1.85. The Morgan fingerprint density at radius 2 is 1.78 bits per heavy atom. The van der Waals surface area contributed by atoms with Crippen LogP contribution < -0.4 is 4.74 Å². The molecule has 0 spiro atoms. The van der Waals surface area contributed by atoms with Crippen molar-refractivity contribution >= 4 is 21.4 Å². The molecule has 0 bridgehead atoms. The predicted octanol–water partition coefficient (Wildman–Crippen LogP) is 4.35. The summed E-state index contributed by atoms with van der Waals surface area (Å²) in [5.41, 5.74) is 3.03. The van der Waals surface area contributed by atoms with E-state index in [0.29, 0.717) is 16.3 Å².